The summed E-state index contributed by atoms with van der Waals surface area (Å²) >= 11 is 0. The average Bonchev–Trinajstić information content (AvgIpc) is 2.34. The number of carboxylic acids is 1. The Labute approximate surface area is 105 Å². The Balaban J connectivity index is 2.41. The molecule has 0 radical (unpaired) electrons. The van der Waals surface area contributed by atoms with Crippen LogP contribution in [0.15, 0.2) is 30.5 Å². The van der Waals surface area contributed by atoms with E-state index in [1.165, 1.54) is 12.3 Å². The topological polar surface area (TPSA) is 91.3 Å². The molecule has 0 fully saturated rings. The number of carbonyl (C=O) groups is 2. The first-order valence-electron chi connectivity index (χ1n) is 5.33. The van der Waals surface area contributed by atoms with Gasteiger partial charge in [0, 0.05) is 19.3 Å². The standard InChI is InChI=1S/C12H15N3O3/c1-8(2)5-14-12(18)15-7-9-3-4-10(11(16)17)13-6-9/h3-4,6H,1,5,7H2,2H3,(H,16,17)(H2,14,15,18). The maximum Gasteiger partial charge on any atom is 0.354 e. The lowest BCUT2D eigenvalue weighted by Crippen LogP contribution is -2.35. The molecule has 0 aliphatic heterocycles. The molecule has 0 unspecified atom stereocenters. The van der Waals surface area contributed by atoms with Crippen LogP contribution in [0.1, 0.15) is 23.0 Å². The van der Waals surface area contributed by atoms with Gasteiger partial charge in [-0.15, -0.1) is 0 Å². The number of carbonyl (C=O) groups excluding carboxylic acids is 1. The molecule has 1 rings (SSSR count). The van der Waals surface area contributed by atoms with Gasteiger partial charge in [-0.05, 0) is 18.6 Å². The summed E-state index contributed by atoms with van der Waals surface area (Å²) in [6.07, 6.45) is 1.42. The largest absolute Gasteiger partial charge is 0.477 e. The van der Waals surface area contributed by atoms with Crippen molar-refractivity contribution >= 4 is 12.0 Å². The summed E-state index contributed by atoms with van der Waals surface area (Å²) in [5.41, 5.74) is 1.56. The van der Waals surface area contributed by atoms with Gasteiger partial charge in [-0.2, -0.15) is 0 Å². The summed E-state index contributed by atoms with van der Waals surface area (Å²) in [6, 6.07) is 2.70. The van der Waals surface area contributed by atoms with Gasteiger partial charge in [0.25, 0.3) is 0 Å². The first-order valence-corrected chi connectivity index (χ1v) is 5.33. The summed E-state index contributed by atoms with van der Waals surface area (Å²) < 4.78 is 0. The molecule has 0 atom stereocenters. The smallest absolute Gasteiger partial charge is 0.354 e. The number of aromatic nitrogens is 1. The molecule has 1 aromatic rings. The van der Waals surface area contributed by atoms with Crippen molar-refractivity contribution in [1.29, 1.82) is 0 Å². The second kappa shape index (κ2) is 6.39. The molecule has 0 saturated heterocycles. The van der Waals surface area contributed by atoms with Crippen LogP contribution in [0.5, 0.6) is 0 Å². The first kappa shape index (κ1) is 13.7. The van der Waals surface area contributed by atoms with Gasteiger partial charge in [0.2, 0.25) is 0 Å². The zero-order chi connectivity index (χ0) is 13.5. The number of aromatic carboxylic acids is 1. The molecule has 0 aliphatic rings. The number of carboxylic acid groups (broad SMARTS) is 1. The first-order chi connectivity index (χ1) is 8.49. The van der Waals surface area contributed by atoms with E-state index in [1.54, 1.807) is 6.07 Å². The van der Waals surface area contributed by atoms with Crippen molar-refractivity contribution in [3.05, 3.63) is 41.7 Å². The molecular formula is C12H15N3O3. The number of rotatable bonds is 5. The molecule has 0 aromatic carbocycles. The Morgan fingerprint density at radius 2 is 2.11 bits per heavy atom. The van der Waals surface area contributed by atoms with Crippen LogP contribution in [0.4, 0.5) is 4.79 Å². The van der Waals surface area contributed by atoms with Crippen LogP contribution in [0.25, 0.3) is 0 Å². The Bertz CT molecular complexity index is 454. The van der Waals surface area contributed by atoms with Crippen LogP contribution in [0.3, 0.4) is 0 Å². The van der Waals surface area contributed by atoms with Crippen molar-refractivity contribution in [1.82, 2.24) is 15.6 Å². The predicted molar refractivity (Wildman–Crippen MR) is 66.2 cm³/mol. The molecule has 6 heteroatoms. The molecule has 0 saturated carbocycles. The van der Waals surface area contributed by atoms with Crippen LogP contribution in [-0.2, 0) is 6.54 Å². The monoisotopic (exact) mass is 249 g/mol. The summed E-state index contributed by atoms with van der Waals surface area (Å²) in [5.74, 6) is -1.08. The highest BCUT2D eigenvalue weighted by Gasteiger charge is 2.04. The lowest BCUT2D eigenvalue weighted by Gasteiger charge is -2.07. The van der Waals surface area contributed by atoms with Crippen molar-refractivity contribution in [3.8, 4) is 0 Å². The van der Waals surface area contributed by atoms with Crippen LogP contribution in [0, 0.1) is 0 Å². The maximum atomic E-state index is 11.3. The Hall–Kier alpha value is -2.37. The molecule has 6 nitrogen and oxygen atoms in total. The van der Waals surface area contributed by atoms with Crippen molar-refractivity contribution in [2.24, 2.45) is 0 Å². The van der Waals surface area contributed by atoms with E-state index in [2.05, 4.69) is 22.2 Å². The van der Waals surface area contributed by atoms with E-state index < -0.39 is 5.97 Å². The fourth-order valence-corrected chi connectivity index (χ4v) is 1.13. The van der Waals surface area contributed by atoms with Crippen LogP contribution in [-0.4, -0.2) is 28.6 Å². The number of hydrogen-bond acceptors (Lipinski definition) is 3. The number of amides is 2. The predicted octanol–water partition coefficient (Wildman–Crippen LogP) is 1.16. The van der Waals surface area contributed by atoms with Gasteiger partial charge in [0.1, 0.15) is 5.69 Å². The van der Waals surface area contributed by atoms with Crippen molar-refractivity contribution in [2.75, 3.05) is 6.54 Å². The van der Waals surface area contributed by atoms with Gasteiger partial charge in [-0.25, -0.2) is 14.6 Å². The van der Waals surface area contributed by atoms with Crippen molar-refractivity contribution < 1.29 is 14.7 Å². The second-order valence-electron chi connectivity index (χ2n) is 3.85. The summed E-state index contributed by atoms with van der Waals surface area (Å²) in [6.45, 7) is 6.18. The molecule has 18 heavy (non-hydrogen) atoms. The van der Waals surface area contributed by atoms with Crippen LogP contribution < -0.4 is 10.6 Å². The lowest BCUT2D eigenvalue weighted by atomic mass is 10.2. The number of pyridine rings is 1. The minimum absolute atomic E-state index is 0.0227. The zero-order valence-corrected chi connectivity index (χ0v) is 10.1. The maximum absolute atomic E-state index is 11.3. The third-order valence-corrected chi connectivity index (χ3v) is 2.05. The number of hydrogen-bond donors (Lipinski definition) is 3. The van der Waals surface area contributed by atoms with Crippen molar-refractivity contribution in [3.63, 3.8) is 0 Å². The summed E-state index contributed by atoms with van der Waals surface area (Å²) in [7, 11) is 0. The van der Waals surface area contributed by atoms with Crippen molar-refractivity contribution in [2.45, 2.75) is 13.5 Å². The Kier molecular flexibility index (Phi) is 4.86. The quantitative estimate of drug-likeness (QED) is 0.683. The highest BCUT2D eigenvalue weighted by molar-refractivity contribution is 5.85. The number of nitrogens with one attached hydrogen (secondary N) is 2. The fourth-order valence-electron chi connectivity index (χ4n) is 1.13. The van der Waals surface area contributed by atoms with Gasteiger partial charge in [0.15, 0.2) is 0 Å². The molecule has 2 amide bonds. The zero-order valence-electron chi connectivity index (χ0n) is 10.1. The summed E-state index contributed by atoms with van der Waals surface area (Å²) in [4.78, 5) is 25.6. The molecule has 0 bridgehead atoms. The molecular weight excluding hydrogens is 234 g/mol. The molecule has 1 heterocycles. The average molecular weight is 249 g/mol. The van der Waals surface area contributed by atoms with Gasteiger partial charge in [-0.1, -0.05) is 18.2 Å². The van der Waals surface area contributed by atoms with Gasteiger partial charge in [-0.3, -0.25) is 0 Å². The second-order valence-corrected chi connectivity index (χ2v) is 3.85. The highest BCUT2D eigenvalue weighted by atomic mass is 16.4. The number of nitrogens with zero attached hydrogens (tertiary/aromatic N) is 1. The third kappa shape index (κ3) is 4.65. The molecule has 0 aliphatic carbocycles. The van der Waals surface area contributed by atoms with Gasteiger partial charge >= 0.3 is 12.0 Å². The Morgan fingerprint density at radius 1 is 1.39 bits per heavy atom. The van der Waals surface area contributed by atoms with E-state index in [0.29, 0.717) is 6.54 Å². The minimum Gasteiger partial charge on any atom is -0.477 e. The van der Waals surface area contributed by atoms with E-state index in [1.807, 2.05) is 6.92 Å². The normalized spacial score (nSPS) is 9.61. The van der Waals surface area contributed by atoms with Crippen LogP contribution >= 0.6 is 0 Å². The molecule has 0 spiro atoms. The fraction of sp³-hybridized carbons (Fsp3) is 0.250. The molecule has 96 valence electrons. The van der Waals surface area contributed by atoms with E-state index in [0.717, 1.165) is 11.1 Å². The third-order valence-electron chi connectivity index (χ3n) is 2.05. The van der Waals surface area contributed by atoms with Gasteiger partial charge in [0.05, 0.1) is 0 Å². The van der Waals surface area contributed by atoms with Gasteiger partial charge < -0.3 is 15.7 Å². The SMILES string of the molecule is C=C(C)CNC(=O)NCc1ccc(C(=O)O)nc1. The van der Waals surface area contributed by atoms with E-state index in [9.17, 15) is 9.59 Å². The summed E-state index contributed by atoms with van der Waals surface area (Å²) in [5, 5.41) is 13.9. The number of urea groups is 1. The molecule has 3 N–H and O–H groups in total. The van der Waals surface area contributed by atoms with Crippen LogP contribution in [0.2, 0.25) is 0 Å². The lowest BCUT2D eigenvalue weighted by molar-refractivity contribution is 0.0690. The van der Waals surface area contributed by atoms with E-state index >= 15 is 0 Å². The minimum atomic E-state index is -1.08. The van der Waals surface area contributed by atoms with E-state index in [4.69, 9.17) is 5.11 Å². The van der Waals surface area contributed by atoms with E-state index in [-0.39, 0.29) is 18.3 Å². The Morgan fingerprint density at radius 3 is 2.61 bits per heavy atom. The molecule has 1 aromatic heterocycles. The highest BCUT2D eigenvalue weighted by Crippen LogP contribution is 1.99.